The summed E-state index contributed by atoms with van der Waals surface area (Å²) in [5, 5.41) is 11.5. The van der Waals surface area contributed by atoms with Crippen molar-refractivity contribution in [2.75, 3.05) is 18.5 Å². The third-order valence-electron chi connectivity index (χ3n) is 2.82. The van der Waals surface area contributed by atoms with Crippen LogP contribution >= 0.6 is 0 Å². The molecule has 108 valence electrons. The second kappa shape index (κ2) is 9.11. The van der Waals surface area contributed by atoms with Crippen LogP contribution in [-0.2, 0) is 9.53 Å². The monoisotopic (exact) mass is 274 g/mol. The van der Waals surface area contributed by atoms with E-state index < -0.39 is 0 Å². The summed E-state index contributed by atoms with van der Waals surface area (Å²) in [6, 6.07) is 8.91. The van der Waals surface area contributed by atoms with E-state index in [4.69, 9.17) is 10.00 Å². The number of nitriles is 1. The number of amides is 1. The Morgan fingerprint density at radius 2 is 2.20 bits per heavy atom. The summed E-state index contributed by atoms with van der Waals surface area (Å²) in [6.45, 7) is 5.50. The van der Waals surface area contributed by atoms with Gasteiger partial charge in [0.2, 0.25) is 5.91 Å². The van der Waals surface area contributed by atoms with Gasteiger partial charge in [-0.2, -0.15) is 5.26 Å². The van der Waals surface area contributed by atoms with Crippen LogP contribution in [0.3, 0.4) is 0 Å². The SMILES string of the molecule is CC(C)CCCOCCC(=O)Nc1cccc(C#N)c1. The predicted molar refractivity (Wildman–Crippen MR) is 79.3 cm³/mol. The molecule has 0 heterocycles. The number of anilines is 1. The zero-order valence-corrected chi connectivity index (χ0v) is 12.2. The molecule has 0 spiro atoms. The molecule has 1 amide bonds. The van der Waals surface area contributed by atoms with Gasteiger partial charge in [0.05, 0.1) is 24.7 Å². The molecule has 0 aromatic heterocycles. The van der Waals surface area contributed by atoms with E-state index in [-0.39, 0.29) is 5.91 Å². The molecule has 0 saturated heterocycles. The molecule has 0 aliphatic carbocycles. The smallest absolute Gasteiger partial charge is 0.226 e. The van der Waals surface area contributed by atoms with Gasteiger partial charge < -0.3 is 10.1 Å². The highest BCUT2D eigenvalue weighted by Gasteiger charge is 2.03. The number of carbonyl (C=O) groups is 1. The Balaban J connectivity index is 2.19. The molecule has 1 rings (SSSR count). The molecule has 1 aromatic carbocycles. The molecule has 0 radical (unpaired) electrons. The van der Waals surface area contributed by atoms with Gasteiger partial charge in [0, 0.05) is 12.3 Å². The average Bonchev–Trinajstić information content (AvgIpc) is 2.42. The number of ether oxygens (including phenoxy) is 1. The molecule has 0 atom stereocenters. The average molecular weight is 274 g/mol. The van der Waals surface area contributed by atoms with Crippen molar-refractivity contribution in [2.45, 2.75) is 33.1 Å². The number of carbonyl (C=O) groups excluding carboxylic acids is 1. The first-order valence-corrected chi connectivity index (χ1v) is 6.99. The minimum Gasteiger partial charge on any atom is -0.381 e. The van der Waals surface area contributed by atoms with Crippen molar-refractivity contribution in [3.8, 4) is 6.07 Å². The van der Waals surface area contributed by atoms with E-state index in [2.05, 4.69) is 19.2 Å². The zero-order chi connectivity index (χ0) is 14.8. The number of hydrogen-bond donors (Lipinski definition) is 1. The van der Waals surface area contributed by atoms with E-state index in [0.29, 0.717) is 36.8 Å². The van der Waals surface area contributed by atoms with Crippen LogP contribution in [0.5, 0.6) is 0 Å². The Morgan fingerprint density at radius 3 is 2.90 bits per heavy atom. The molecule has 0 unspecified atom stereocenters. The first-order valence-electron chi connectivity index (χ1n) is 6.99. The maximum absolute atomic E-state index is 11.7. The topological polar surface area (TPSA) is 62.1 Å². The molecule has 1 aromatic rings. The largest absolute Gasteiger partial charge is 0.381 e. The Labute approximate surface area is 120 Å². The van der Waals surface area contributed by atoms with Gasteiger partial charge in [0.15, 0.2) is 0 Å². The van der Waals surface area contributed by atoms with Gasteiger partial charge in [-0.3, -0.25) is 4.79 Å². The third kappa shape index (κ3) is 6.91. The van der Waals surface area contributed by atoms with E-state index in [9.17, 15) is 4.79 Å². The first-order chi connectivity index (χ1) is 9.61. The maximum Gasteiger partial charge on any atom is 0.226 e. The normalized spacial score (nSPS) is 10.3. The van der Waals surface area contributed by atoms with Crippen LogP contribution in [-0.4, -0.2) is 19.1 Å². The fourth-order valence-electron chi connectivity index (χ4n) is 1.75. The minimum atomic E-state index is -0.0936. The highest BCUT2D eigenvalue weighted by molar-refractivity contribution is 5.90. The molecule has 0 bridgehead atoms. The molecule has 1 N–H and O–H groups in total. The van der Waals surface area contributed by atoms with Crippen LogP contribution in [0.15, 0.2) is 24.3 Å². The van der Waals surface area contributed by atoms with E-state index >= 15 is 0 Å². The summed E-state index contributed by atoms with van der Waals surface area (Å²) in [5.74, 6) is 0.596. The maximum atomic E-state index is 11.7. The summed E-state index contributed by atoms with van der Waals surface area (Å²) in [7, 11) is 0. The highest BCUT2D eigenvalue weighted by atomic mass is 16.5. The predicted octanol–water partition coefficient (Wildman–Crippen LogP) is 3.34. The number of hydrogen-bond acceptors (Lipinski definition) is 3. The fourth-order valence-corrected chi connectivity index (χ4v) is 1.75. The highest BCUT2D eigenvalue weighted by Crippen LogP contribution is 2.10. The lowest BCUT2D eigenvalue weighted by Crippen LogP contribution is -2.14. The Bertz CT molecular complexity index is 464. The van der Waals surface area contributed by atoms with Crippen LogP contribution < -0.4 is 5.32 Å². The molecule has 4 heteroatoms. The Hall–Kier alpha value is -1.86. The minimum absolute atomic E-state index is 0.0936. The van der Waals surface area contributed by atoms with Crippen LogP contribution in [0, 0.1) is 17.2 Å². The van der Waals surface area contributed by atoms with Crippen LogP contribution in [0.2, 0.25) is 0 Å². The van der Waals surface area contributed by atoms with Crippen molar-refractivity contribution in [1.29, 1.82) is 5.26 Å². The van der Waals surface area contributed by atoms with Crippen molar-refractivity contribution in [2.24, 2.45) is 5.92 Å². The second-order valence-corrected chi connectivity index (χ2v) is 5.14. The van der Waals surface area contributed by atoms with Crippen molar-refractivity contribution < 1.29 is 9.53 Å². The standard InChI is InChI=1S/C16H22N2O2/c1-13(2)5-4-9-20-10-8-16(19)18-15-7-3-6-14(11-15)12-17/h3,6-7,11,13H,4-5,8-10H2,1-2H3,(H,18,19). The van der Waals surface area contributed by atoms with Crippen molar-refractivity contribution in [3.05, 3.63) is 29.8 Å². The second-order valence-electron chi connectivity index (χ2n) is 5.14. The number of nitrogens with zero attached hydrogens (tertiary/aromatic N) is 1. The molecule has 0 saturated carbocycles. The van der Waals surface area contributed by atoms with E-state index in [1.54, 1.807) is 24.3 Å². The van der Waals surface area contributed by atoms with Crippen LogP contribution in [0.25, 0.3) is 0 Å². The van der Waals surface area contributed by atoms with E-state index in [1.807, 2.05) is 6.07 Å². The number of rotatable bonds is 8. The van der Waals surface area contributed by atoms with E-state index in [0.717, 1.165) is 12.8 Å². The van der Waals surface area contributed by atoms with E-state index in [1.165, 1.54) is 0 Å². The Morgan fingerprint density at radius 1 is 1.40 bits per heavy atom. The number of nitrogens with one attached hydrogen (secondary N) is 1. The number of benzene rings is 1. The van der Waals surface area contributed by atoms with Crippen LogP contribution in [0.1, 0.15) is 38.7 Å². The first kappa shape index (κ1) is 16.2. The summed E-state index contributed by atoms with van der Waals surface area (Å²) in [4.78, 5) is 11.7. The molecule has 0 fully saturated rings. The van der Waals surface area contributed by atoms with Gasteiger partial charge in [-0.1, -0.05) is 19.9 Å². The zero-order valence-electron chi connectivity index (χ0n) is 12.2. The Kier molecular flexibility index (Phi) is 7.38. The van der Waals surface area contributed by atoms with Gasteiger partial charge >= 0.3 is 0 Å². The molecule has 0 aliphatic heterocycles. The van der Waals surface area contributed by atoms with Gasteiger partial charge in [0.25, 0.3) is 0 Å². The van der Waals surface area contributed by atoms with Gasteiger partial charge in [0.1, 0.15) is 0 Å². The molecular weight excluding hydrogens is 252 g/mol. The molecule has 20 heavy (non-hydrogen) atoms. The van der Waals surface area contributed by atoms with Crippen molar-refractivity contribution in [3.63, 3.8) is 0 Å². The van der Waals surface area contributed by atoms with Crippen molar-refractivity contribution >= 4 is 11.6 Å². The van der Waals surface area contributed by atoms with Gasteiger partial charge in [-0.25, -0.2) is 0 Å². The lowest BCUT2D eigenvalue weighted by Gasteiger charge is -2.07. The third-order valence-corrected chi connectivity index (χ3v) is 2.82. The molecular formula is C16H22N2O2. The lowest BCUT2D eigenvalue weighted by molar-refractivity contribution is -0.117. The molecule has 0 aliphatic rings. The van der Waals surface area contributed by atoms with Gasteiger partial charge in [-0.05, 0) is 37.0 Å². The van der Waals surface area contributed by atoms with Gasteiger partial charge in [-0.15, -0.1) is 0 Å². The molecule has 4 nitrogen and oxygen atoms in total. The summed E-state index contributed by atoms with van der Waals surface area (Å²) >= 11 is 0. The summed E-state index contributed by atoms with van der Waals surface area (Å²) < 4.78 is 5.42. The lowest BCUT2D eigenvalue weighted by atomic mass is 10.1. The van der Waals surface area contributed by atoms with Crippen LogP contribution in [0.4, 0.5) is 5.69 Å². The van der Waals surface area contributed by atoms with Crippen molar-refractivity contribution in [1.82, 2.24) is 0 Å². The summed E-state index contributed by atoms with van der Waals surface area (Å²) in [5.41, 5.74) is 1.18. The summed E-state index contributed by atoms with van der Waals surface area (Å²) in [6.07, 6.45) is 2.51. The fraction of sp³-hybridized carbons (Fsp3) is 0.500. The quantitative estimate of drug-likeness (QED) is 0.739.